The SMILES string of the molecule is C=C(CN)C(=O)OCC(=O)CCCCCCCCCCCCCCC. The molecular formula is C21H39NO3. The zero-order valence-electron chi connectivity index (χ0n) is 16.3. The molecule has 0 aromatic rings. The molecule has 0 unspecified atom stereocenters. The van der Waals surface area contributed by atoms with Gasteiger partial charge in [0.05, 0.1) is 0 Å². The molecule has 0 saturated carbocycles. The molecule has 0 aliphatic carbocycles. The lowest BCUT2D eigenvalue weighted by molar-refractivity contribution is -0.144. The molecule has 0 amide bonds. The van der Waals surface area contributed by atoms with E-state index < -0.39 is 5.97 Å². The minimum atomic E-state index is -0.568. The molecule has 0 aromatic heterocycles. The summed E-state index contributed by atoms with van der Waals surface area (Å²) < 4.78 is 4.85. The van der Waals surface area contributed by atoms with Gasteiger partial charge >= 0.3 is 5.97 Å². The summed E-state index contributed by atoms with van der Waals surface area (Å²) in [4.78, 5) is 22.9. The third-order valence-electron chi connectivity index (χ3n) is 4.46. The number of nitrogens with two attached hydrogens (primary N) is 1. The summed E-state index contributed by atoms with van der Waals surface area (Å²) >= 11 is 0. The van der Waals surface area contributed by atoms with Crippen molar-refractivity contribution in [3.63, 3.8) is 0 Å². The van der Waals surface area contributed by atoms with Gasteiger partial charge < -0.3 is 10.5 Å². The molecule has 0 bridgehead atoms. The Balaban J connectivity index is 3.28. The Kier molecular flexibility index (Phi) is 16.8. The number of esters is 1. The van der Waals surface area contributed by atoms with Gasteiger partial charge in [0.2, 0.25) is 0 Å². The molecule has 0 radical (unpaired) electrons. The van der Waals surface area contributed by atoms with Crippen molar-refractivity contribution in [2.24, 2.45) is 5.73 Å². The van der Waals surface area contributed by atoms with E-state index in [-0.39, 0.29) is 24.5 Å². The molecule has 0 rings (SSSR count). The van der Waals surface area contributed by atoms with Crippen LogP contribution in [0.1, 0.15) is 96.8 Å². The third kappa shape index (κ3) is 16.1. The third-order valence-corrected chi connectivity index (χ3v) is 4.46. The van der Waals surface area contributed by atoms with E-state index in [0.29, 0.717) is 6.42 Å². The second-order valence-corrected chi connectivity index (χ2v) is 6.92. The summed E-state index contributed by atoms with van der Waals surface area (Å²) in [5, 5.41) is 0. The first kappa shape index (κ1) is 23.8. The average molecular weight is 354 g/mol. The Morgan fingerprint density at radius 3 is 1.68 bits per heavy atom. The smallest absolute Gasteiger partial charge is 0.335 e. The van der Waals surface area contributed by atoms with Crippen molar-refractivity contribution < 1.29 is 14.3 Å². The molecule has 0 aliphatic heterocycles. The van der Waals surface area contributed by atoms with Crippen molar-refractivity contribution in [2.45, 2.75) is 96.8 Å². The van der Waals surface area contributed by atoms with Gasteiger partial charge in [-0.15, -0.1) is 0 Å². The molecule has 25 heavy (non-hydrogen) atoms. The van der Waals surface area contributed by atoms with Crippen LogP contribution in [0.5, 0.6) is 0 Å². The van der Waals surface area contributed by atoms with Crippen LogP contribution >= 0.6 is 0 Å². The molecular weight excluding hydrogens is 314 g/mol. The van der Waals surface area contributed by atoms with E-state index >= 15 is 0 Å². The Hall–Kier alpha value is -1.16. The van der Waals surface area contributed by atoms with Gasteiger partial charge in [0.1, 0.15) is 6.61 Å². The number of carbonyl (C=O) groups is 2. The molecule has 4 nitrogen and oxygen atoms in total. The van der Waals surface area contributed by atoms with Crippen LogP contribution in [0.4, 0.5) is 0 Å². The van der Waals surface area contributed by atoms with Gasteiger partial charge in [0.25, 0.3) is 0 Å². The van der Waals surface area contributed by atoms with Gasteiger partial charge in [-0.3, -0.25) is 4.79 Å². The van der Waals surface area contributed by atoms with Crippen LogP contribution in [0.3, 0.4) is 0 Å². The topological polar surface area (TPSA) is 69.4 Å². The Labute approximate surface area is 154 Å². The minimum Gasteiger partial charge on any atom is -0.454 e. The number of ether oxygens (including phenoxy) is 1. The highest BCUT2D eigenvalue weighted by molar-refractivity contribution is 5.90. The minimum absolute atomic E-state index is 0.0266. The predicted molar refractivity (Wildman–Crippen MR) is 104 cm³/mol. The summed E-state index contributed by atoms with van der Waals surface area (Å²) in [6.07, 6.45) is 17.2. The maximum absolute atomic E-state index is 11.6. The zero-order chi connectivity index (χ0) is 18.8. The highest BCUT2D eigenvalue weighted by atomic mass is 16.5. The summed E-state index contributed by atoms with van der Waals surface area (Å²) in [6.45, 7) is 5.64. The number of rotatable bonds is 18. The molecule has 0 spiro atoms. The molecule has 0 atom stereocenters. The number of carbonyl (C=O) groups excluding carboxylic acids is 2. The normalized spacial score (nSPS) is 10.6. The summed E-state index contributed by atoms with van der Waals surface area (Å²) in [5.41, 5.74) is 5.49. The van der Waals surface area contributed by atoms with E-state index in [0.717, 1.165) is 12.8 Å². The van der Waals surface area contributed by atoms with Crippen molar-refractivity contribution in [3.8, 4) is 0 Å². The maximum atomic E-state index is 11.6. The predicted octanol–water partition coefficient (Wildman–Crippen LogP) is 5.09. The summed E-state index contributed by atoms with van der Waals surface area (Å²) in [6, 6.07) is 0. The molecule has 0 aromatic carbocycles. The van der Waals surface area contributed by atoms with E-state index in [2.05, 4.69) is 13.5 Å². The van der Waals surface area contributed by atoms with Crippen LogP contribution < -0.4 is 5.73 Å². The summed E-state index contributed by atoms with van der Waals surface area (Å²) in [5.74, 6) is -0.595. The first-order valence-corrected chi connectivity index (χ1v) is 10.2. The maximum Gasteiger partial charge on any atom is 0.335 e. The first-order chi connectivity index (χ1) is 12.1. The van der Waals surface area contributed by atoms with Crippen molar-refractivity contribution in [2.75, 3.05) is 13.2 Å². The van der Waals surface area contributed by atoms with Gasteiger partial charge in [0.15, 0.2) is 5.78 Å². The largest absolute Gasteiger partial charge is 0.454 e. The Bertz CT molecular complexity index is 366. The van der Waals surface area contributed by atoms with Crippen LogP contribution in [0, 0.1) is 0 Å². The van der Waals surface area contributed by atoms with Crippen LogP contribution in [0.15, 0.2) is 12.2 Å². The number of hydrogen-bond donors (Lipinski definition) is 1. The lowest BCUT2D eigenvalue weighted by Gasteiger charge is -2.05. The van der Waals surface area contributed by atoms with Crippen LogP contribution in [0.2, 0.25) is 0 Å². The van der Waals surface area contributed by atoms with E-state index in [9.17, 15) is 9.59 Å². The number of unbranched alkanes of at least 4 members (excludes halogenated alkanes) is 12. The molecule has 4 heteroatoms. The van der Waals surface area contributed by atoms with E-state index in [1.807, 2.05) is 0 Å². The second-order valence-electron chi connectivity index (χ2n) is 6.92. The Morgan fingerprint density at radius 1 is 0.800 bits per heavy atom. The van der Waals surface area contributed by atoms with Gasteiger partial charge in [-0.25, -0.2) is 4.79 Å². The van der Waals surface area contributed by atoms with Crippen LogP contribution in [-0.4, -0.2) is 24.9 Å². The van der Waals surface area contributed by atoms with Crippen molar-refractivity contribution >= 4 is 11.8 Å². The number of hydrogen-bond acceptors (Lipinski definition) is 4. The fourth-order valence-corrected chi connectivity index (χ4v) is 2.74. The van der Waals surface area contributed by atoms with Gasteiger partial charge in [-0.1, -0.05) is 90.6 Å². The van der Waals surface area contributed by atoms with Gasteiger partial charge in [-0.2, -0.15) is 0 Å². The van der Waals surface area contributed by atoms with Crippen molar-refractivity contribution in [3.05, 3.63) is 12.2 Å². The van der Waals surface area contributed by atoms with E-state index in [1.165, 1.54) is 70.6 Å². The monoisotopic (exact) mass is 353 g/mol. The lowest BCUT2D eigenvalue weighted by atomic mass is 10.0. The molecule has 146 valence electrons. The van der Waals surface area contributed by atoms with Crippen LogP contribution in [-0.2, 0) is 14.3 Å². The molecule has 0 aliphatic rings. The van der Waals surface area contributed by atoms with E-state index in [1.54, 1.807) is 0 Å². The van der Waals surface area contributed by atoms with Crippen LogP contribution in [0.25, 0.3) is 0 Å². The fourth-order valence-electron chi connectivity index (χ4n) is 2.74. The number of Topliss-reactive ketones (excluding diaryl/α,β-unsaturated/α-hetero) is 1. The Morgan fingerprint density at radius 2 is 1.24 bits per heavy atom. The average Bonchev–Trinajstić information content (AvgIpc) is 2.62. The summed E-state index contributed by atoms with van der Waals surface area (Å²) in [7, 11) is 0. The van der Waals surface area contributed by atoms with Gasteiger partial charge in [0, 0.05) is 18.5 Å². The zero-order valence-corrected chi connectivity index (χ0v) is 16.3. The molecule has 0 heterocycles. The molecule has 0 saturated heterocycles. The fraction of sp³-hybridized carbons (Fsp3) is 0.810. The number of ketones is 1. The standard InChI is InChI=1S/C21H39NO3/c1-3-4-5-6-7-8-9-10-11-12-13-14-15-16-20(23)18-25-21(24)19(2)17-22/h2-18,22H2,1H3. The van der Waals surface area contributed by atoms with Crippen molar-refractivity contribution in [1.29, 1.82) is 0 Å². The molecule has 0 fully saturated rings. The molecule has 2 N–H and O–H groups in total. The van der Waals surface area contributed by atoms with Crippen molar-refractivity contribution in [1.82, 2.24) is 0 Å². The second kappa shape index (κ2) is 17.7. The quantitative estimate of drug-likeness (QED) is 0.211. The highest BCUT2D eigenvalue weighted by Gasteiger charge is 2.09. The highest BCUT2D eigenvalue weighted by Crippen LogP contribution is 2.13. The lowest BCUT2D eigenvalue weighted by Crippen LogP contribution is -2.18. The van der Waals surface area contributed by atoms with E-state index in [4.69, 9.17) is 10.5 Å². The van der Waals surface area contributed by atoms with Gasteiger partial charge in [-0.05, 0) is 6.42 Å². The first-order valence-electron chi connectivity index (χ1n) is 10.2.